The Labute approximate surface area is 66.0 Å². The molecule has 1 aliphatic rings. The summed E-state index contributed by atoms with van der Waals surface area (Å²) in [5.41, 5.74) is 0. The van der Waals surface area contributed by atoms with Gasteiger partial charge in [0.15, 0.2) is 0 Å². The van der Waals surface area contributed by atoms with Crippen molar-refractivity contribution in [3.05, 3.63) is 18.2 Å². The molecule has 0 saturated carbocycles. The molecule has 0 amide bonds. The van der Waals surface area contributed by atoms with Crippen LogP contribution < -0.4 is 0 Å². The third kappa shape index (κ3) is 1.16. The molecule has 0 N–H and O–H groups in total. The van der Waals surface area contributed by atoms with Gasteiger partial charge in [-0.15, -0.1) is 0 Å². The molecule has 60 valence electrons. The molecule has 3 nitrogen and oxygen atoms in total. The molecular weight excluding hydrogens is 140 g/mol. The molecule has 0 radical (unpaired) electrons. The maximum absolute atomic E-state index is 5.26. The van der Waals surface area contributed by atoms with Gasteiger partial charge in [0.05, 0.1) is 6.10 Å². The van der Waals surface area contributed by atoms with Crippen LogP contribution >= 0.6 is 0 Å². The Hall–Kier alpha value is -0.830. The first-order valence-electron chi connectivity index (χ1n) is 3.93. The Morgan fingerprint density at radius 3 is 3.45 bits per heavy atom. The highest BCUT2D eigenvalue weighted by molar-refractivity contribution is 4.97. The second-order valence-corrected chi connectivity index (χ2v) is 2.89. The minimum Gasteiger partial charge on any atom is -0.381 e. The van der Waals surface area contributed by atoms with Gasteiger partial charge < -0.3 is 9.30 Å². The first kappa shape index (κ1) is 6.85. The van der Waals surface area contributed by atoms with Crippen molar-refractivity contribution in [2.75, 3.05) is 7.11 Å². The average molecular weight is 152 g/mol. The minimum absolute atomic E-state index is 0.380. The number of rotatable bonds is 1. The molecule has 1 aliphatic heterocycles. The number of methoxy groups -OCH3 is 1. The summed E-state index contributed by atoms with van der Waals surface area (Å²) in [7, 11) is 1.77. The van der Waals surface area contributed by atoms with Crippen molar-refractivity contribution in [2.45, 2.75) is 25.5 Å². The smallest absolute Gasteiger partial charge is 0.111 e. The lowest BCUT2D eigenvalue weighted by atomic mass is 10.1. The van der Waals surface area contributed by atoms with E-state index in [0.29, 0.717) is 6.10 Å². The zero-order chi connectivity index (χ0) is 7.68. The maximum atomic E-state index is 5.26. The molecule has 0 fully saturated rings. The van der Waals surface area contributed by atoms with E-state index in [-0.39, 0.29) is 0 Å². The van der Waals surface area contributed by atoms with E-state index in [1.54, 1.807) is 7.11 Å². The van der Waals surface area contributed by atoms with Gasteiger partial charge in [0.1, 0.15) is 5.82 Å². The van der Waals surface area contributed by atoms with Gasteiger partial charge in [-0.1, -0.05) is 0 Å². The van der Waals surface area contributed by atoms with Crippen LogP contribution in [0.2, 0.25) is 0 Å². The van der Waals surface area contributed by atoms with Crippen molar-refractivity contribution in [1.82, 2.24) is 9.55 Å². The van der Waals surface area contributed by atoms with Gasteiger partial charge in [0.2, 0.25) is 0 Å². The van der Waals surface area contributed by atoms with Gasteiger partial charge in [-0.25, -0.2) is 4.98 Å². The molecule has 3 heteroatoms. The van der Waals surface area contributed by atoms with Crippen LogP contribution in [-0.2, 0) is 17.7 Å². The van der Waals surface area contributed by atoms with Gasteiger partial charge in [-0.05, 0) is 6.42 Å². The first-order valence-corrected chi connectivity index (χ1v) is 3.93. The molecule has 0 aromatic carbocycles. The third-order valence-corrected chi connectivity index (χ3v) is 2.24. The van der Waals surface area contributed by atoms with Gasteiger partial charge in [-0.2, -0.15) is 0 Å². The summed E-state index contributed by atoms with van der Waals surface area (Å²) in [5, 5.41) is 0. The van der Waals surface area contributed by atoms with Crippen molar-refractivity contribution in [3.63, 3.8) is 0 Å². The Balaban J connectivity index is 2.18. The Kier molecular flexibility index (Phi) is 1.66. The van der Waals surface area contributed by atoms with E-state index in [2.05, 4.69) is 9.55 Å². The fourth-order valence-electron chi connectivity index (χ4n) is 1.52. The second-order valence-electron chi connectivity index (χ2n) is 2.89. The van der Waals surface area contributed by atoms with Gasteiger partial charge in [0, 0.05) is 32.5 Å². The average Bonchev–Trinajstić information content (AvgIpc) is 2.50. The predicted octanol–water partition coefficient (Wildman–Crippen LogP) is 0.844. The van der Waals surface area contributed by atoms with E-state index in [1.807, 2.05) is 12.4 Å². The van der Waals surface area contributed by atoms with E-state index < -0.39 is 0 Å². The highest BCUT2D eigenvalue weighted by Gasteiger charge is 2.17. The van der Waals surface area contributed by atoms with Crippen molar-refractivity contribution < 1.29 is 4.74 Å². The number of hydrogen-bond donors (Lipinski definition) is 0. The number of fused-ring (bicyclic) bond motifs is 1. The van der Waals surface area contributed by atoms with E-state index >= 15 is 0 Å². The van der Waals surface area contributed by atoms with E-state index in [4.69, 9.17) is 4.74 Å². The Morgan fingerprint density at radius 2 is 2.64 bits per heavy atom. The fourth-order valence-corrected chi connectivity index (χ4v) is 1.52. The molecule has 2 rings (SSSR count). The molecule has 11 heavy (non-hydrogen) atoms. The van der Waals surface area contributed by atoms with Gasteiger partial charge >= 0.3 is 0 Å². The number of aryl methyl sites for hydroxylation is 1. The lowest BCUT2D eigenvalue weighted by Crippen LogP contribution is -2.24. The lowest BCUT2D eigenvalue weighted by molar-refractivity contribution is 0.0796. The molecule has 0 saturated heterocycles. The van der Waals surface area contributed by atoms with Crippen molar-refractivity contribution in [2.24, 2.45) is 0 Å². The summed E-state index contributed by atoms with van der Waals surface area (Å²) in [6.45, 7) is 1.05. The molecule has 1 aromatic rings. The Bertz CT molecular complexity index is 244. The molecule has 0 aliphatic carbocycles. The van der Waals surface area contributed by atoms with Crippen LogP contribution in [-0.4, -0.2) is 22.8 Å². The van der Waals surface area contributed by atoms with E-state index in [1.165, 1.54) is 0 Å². The number of nitrogens with zero attached hydrogens (tertiary/aromatic N) is 2. The Morgan fingerprint density at radius 1 is 1.73 bits per heavy atom. The SMILES string of the molecule is COC1CCn2ccnc2C1. The first-order chi connectivity index (χ1) is 5.40. The zero-order valence-corrected chi connectivity index (χ0v) is 6.66. The molecule has 1 unspecified atom stereocenters. The largest absolute Gasteiger partial charge is 0.381 e. The normalized spacial score (nSPS) is 23.2. The van der Waals surface area contributed by atoms with Crippen LogP contribution in [0.5, 0.6) is 0 Å². The number of aromatic nitrogens is 2. The van der Waals surface area contributed by atoms with Crippen LogP contribution in [0.15, 0.2) is 12.4 Å². The summed E-state index contributed by atoms with van der Waals surface area (Å²) in [6, 6.07) is 0. The quantitative estimate of drug-likeness (QED) is 0.596. The summed E-state index contributed by atoms with van der Waals surface area (Å²) in [5.74, 6) is 1.16. The van der Waals surface area contributed by atoms with Crippen molar-refractivity contribution in [3.8, 4) is 0 Å². The topological polar surface area (TPSA) is 27.1 Å². The molecule has 2 heterocycles. The van der Waals surface area contributed by atoms with E-state index in [0.717, 1.165) is 25.2 Å². The predicted molar refractivity (Wildman–Crippen MR) is 41.3 cm³/mol. The zero-order valence-electron chi connectivity index (χ0n) is 6.66. The third-order valence-electron chi connectivity index (χ3n) is 2.24. The highest BCUT2D eigenvalue weighted by Crippen LogP contribution is 2.14. The number of imidazole rings is 1. The maximum Gasteiger partial charge on any atom is 0.111 e. The summed E-state index contributed by atoms with van der Waals surface area (Å²) >= 11 is 0. The van der Waals surface area contributed by atoms with Crippen LogP contribution in [0.4, 0.5) is 0 Å². The fraction of sp³-hybridized carbons (Fsp3) is 0.625. The molecule has 1 aromatic heterocycles. The van der Waals surface area contributed by atoms with Crippen LogP contribution in [0.25, 0.3) is 0 Å². The van der Waals surface area contributed by atoms with Crippen LogP contribution in [0.1, 0.15) is 12.2 Å². The molecule has 0 spiro atoms. The molecular formula is C8H12N2O. The lowest BCUT2D eigenvalue weighted by Gasteiger charge is -2.21. The van der Waals surface area contributed by atoms with Gasteiger partial charge in [0.25, 0.3) is 0 Å². The minimum atomic E-state index is 0.380. The molecule has 0 bridgehead atoms. The monoisotopic (exact) mass is 152 g/mol. The van der Waals surface area contributed by atoms with Crippen molar-refractivity contribution >= 4 is 0 Å². The van der Waals surface area contributed by atoms with Crippen molar-refractivity contribution in [1.29, 1.82) is 0 Å². The van der Waals surface area contributed by atoms with Crippen LogP contribution in [0, 0.1) is 0 Å². The van der Waals surface area contributed by atoms with Gasteiger partial charge in [-0.3, -0.25) is 0 Å². The van der Waals surface area contributed by atoms with Crippen LogP contribution in [0.3, 0.4) is 0 Å². The summed E-state index contributed by atoms with van der Waals surface area (Å²) in [6.07, 6.45) is 6.34. The highest BCUT2D eigenvalue weighted by atomic mass is 16.5. The molecule has 1 atom stereocenters. The summed E-state index contributed by atoms with van der Waals surface area (Å²) < 4.78 is 7.45. The standard InChI is InChI=1S/C8H12N2O/c1-11-7-2-4-10-5-3-9-8(10)6-7/h3,5,7H,2,4,6H2,1H3. The second kappa shape index (κ2) is 2.66. The van der Waals surface area contributed by atoms with E-state index in [9.17, 15) is 0 Å². The summed E-state index contributed by atoms with van der Waals surface area (Å²) in [4.78, 5) is 4.24. The number of ether oxygens (including phenoxy) is 1. The number of hydrogen-bond acceptors (Lipinski definition) is 2.